The Morgan fingerprint density at radius 1 is 1.19 bits per heavy atom. The molecule has 134 valence electrons. The van der Waals surface area contributed by atoms with Crippen LogP contribution in [0.1, 0.15) is 5.56 Å². The van der Waals surface area contributed by atoms with E-state index in [9.17, 15) is 4.79 Å². The number of anilines is 1. The van der Waals surface area contributed by atoms with Gasteiger partial charge in [0.2, 0.25) is 11.1 Å². The van der Waals surface area contributed by atoms with Crippen molar-refractivity contribution in [2.75, 3.05) is 16.9 Å². The summed E-state index contributed by atoms with van der Waals surface area (Å²) in [6.07, 6.45) is 0. The molecule has 1 amide bonds. The molecule has 0 atom stereocenters. The van der Waals surface area contributed by atoms with Gasteiger partial charge >= 0.3 is 0 Å². The van der Waals surface area contributed by atoms with Gasteiger partial charge in [0.15, 0.2) is 5.82 Å². The first-order chi connectivity index (χ1) is 12.5. The molecular weight excluding hydrogens is 393 g/mol. The highest BCUT2D eigenvalue weighted by atomic mass is 35.5. The number of hydrogen-bond acceptors (Lipinski definition) is 5. The second kappa shape index (κ2) is 7.99. The van der Waals surface area contributed by atoms with E-state index < -0.39 is 0 Å². The van der Waals surface area contributed by atoms with Crippen molar-refractivity contribution in [2.45, 2.75) is 12.1 Å². The zero-order chi connectivity index (χ0) is 18.7. The van der Waals surface area contributed by atoms with Gasteiger partial charge in [-0.15, -0.1) is 10.2 Å². The van der Waals surface area contributed by atoms with E-state index in [-0.39, 0.29) is 11.7 Å². The van der Waals surface area contributed by atoms with Crippen LogP contribution in [0.4, 0.5) is 5.69 Å². The van der Waals surface area contributed by atoms with Gasteiger partial charge < -0.3 is 11.2 Å². The highest BCUT2D eigenvalue weighted by molar-refractivity contribution is 7.99. The molecule has 0 spiro atoms. The molecule has 3 rings (SSSR count). The molecular formula is C17H15Cl2N5OS. The van der Waals surface area contributed by atoms with Crippen LogP contribution in [0.3, 0.4) is 0 Å². The molecule has 0 aliphatic carbocycles. The van der Waals surface area contributed by atoms with E-state index in [4.69, 9.17) is 29.0 Å². The number of nitrogens with two attached hydrogens (primary N) is 1. The van der Waals surface area contributed by atoms with Gasteiger partial charge in [-0.3, -0.25) is 4.79 Å². The smallest absolute Gasteiger partial charge is 0.234 e. The first-order valence-corrected chi connectivity index (χ1v) is 9.34. The summed E-state index contributed by atoms with van der Waals surface area (Å²) in [5, 5.41) is 12.0. The molecule has 0 aliphatic heterocycles. The first-order valence-electron chi connectivity index (χ1n) is 7.60. The largest absolute Gasteiger partial charge is 0.335 e. The summed E-state index contributed by atoms with van der Waals surface area (Å²) in [6, 6.07) is 12.8. The molecule has 0 aliphatic rings. The summed E-state index contributed by atoms with van der Waals surface area (Å²) in [5.74, 6) is 6.44. The van der Waals surface area contributed by atoms with Crippen LogP contribution in [0.2, 0.25) is 10.0 Å². The van der Waals surface area contributed by atoms with Crippen LogP contribution in [0, 0.1) is 6.92 Å². The topological polar surface area (TPSA) is 85.8 Å². The van der Waals surface area contributed by atoms with Crippen molar-refractivity contribution in [3.05, 3.63) is 58.1 Å². The summed E-state index contributed by atoms with van der Waals surface area (Å²) in [5.41, 5.74) is 2.45. The van der Waals surface area contributed by atoms with Crippen molar-refractivity contribution in [1.82, 2.24) is 14.9 Å². The van der Waals surface area contributed by atoms with Crippen LogP contribution in [-0.4, -0.2) is 26.5 Å². The zero-order valence-corrected chi connectivity index (χ0v) is 16.1. The lowest BCUT2D eigenvalue weighted by Crippen LogP contribution is -2.16. The van der Waals surface area contributed by atoms with Crippen LogP contribution in [0.25, 0.3) is 11.4 Å². The maximum absolute atomic E-state index is 12.1. The summed E-state index contributed by atoms with van der Waals surface area (Å²) in [7, 11) is 0. The fourth-order valence-corrected chi connectivity index (χ4v) is 3.20. The molecule has 0 unspecified atom stereocenters. The van der Waals surface area contributed by atoms with E-state index in [2.05, 4.69) is 15.5 Å². The molecule has 3 N–H and O–H groups in total. The Balaban J connectivity index is 1.66. The average molecular weight is 408 g/mol. The van der Waals surface area contributed by atoms with Gasteiger partial charge in [-0.05, 0) is 19.1 Å². The average Bonchev–Trinajstić information content (AvgIpc) is 2.99. The molecule has 0 saturated heterocycles. The maximum Gasteiger partial charge on any atom is 0.234 e. The minimum atomic E-state index is -0.251. The van der Waals surface area contributed by atoms with E-state index in [1.165, 1.54) is 16.4 Å². The third-order valence-electron chi connectivity index (χ3n) is 3.53. The SMILES string of the molecule is Cc1ccc(-c2nnc(SCC(=O)Nc3cccc(Cl)c3Cl)n2N)cc1. The Morgan fingerprint density at radius 3 is 2.65 bits per heavy atom. The third-order valence-corrected chi connectivity index (χ3v) is 5.29. The number of thioether (sulfide) groups is 1. The Bertz CT molecular complexity index is 943. The second-order valence-corrected chi connectivity index (χ2v) is 7.21. The predicted molar refractivity (Wildman–Crippen MR) is 106 cm³/mol. The van der Waals surface area contributed by atoms with E-state index >= 15 is 0 Å². The van der Waals surface area contributed by atoms with Crippen LogP contribution < -0.4 is 11.2 Å². The highest BCUT2D eigenvalue weighted by Crippen LogP contribution is 2.30. The Kier molecular flexibility index (Phi) is 5.70. The van der Waals surface area contributed by atoms with Crippen molar-refractivity contribution < 1.29 is 4.79 Å². The summed E-state index contributed by atoms with van der Waals surface area (Å²) in [4.78, 5) is 12.1. The van der Waals surface area contributed by atoms with E-state index in [0.29, 0.717) is 26.7 Å². The fraction of sp³-hybridized carbons (Fsp3) is 0.118. The van der Waals surface area contributed by atoms with Gasteiger partial charge in [-0.25, -0.2) is 4.68 Å². The van der Waals surface area contributed by atoms with Gasteiger partial charge in [0.05, 0.1) is 21.5 Å². The summed E-state index contributed by atoms with van der Waals surface area (Å²) < 4.78 is 1.37. The number of rotatable bonds is 5. The van der Waals surface area contributed by atoms with Gasteiger partial charge in [0.1, 0.15) is 0 Å². The van der Waals surface area contributed by atoms with Gasteiger partial charge in [-0.2, -0.15) is 0 Å². The number of nitrogen functional groups attached to an aromatic ring is 1. The molecule has 26 heavy (non-hydrogen) atoms. The van der Waals surface area contributed by atoms with Crippen molar-refractivity contribution in [2.24, 2.45) is 0 Å². The van der Waals surface area contributed by atoms with Crippen molar-refractivity contribution in [1.29, 1.82) is 0 Å². The summed E-state index contributed by atoms with van der Waals surface area (Å²) in [6.45, 7) is 2.00. The number of carbonyl (C=O) groups excluding carboxylic acids is 1. The molecule has 1 aromatic heterocycles. The van der Waals surface area contributed by atoms with Crippen LogP contribution in [0.15, 0.2) is 47.6 Å². The highest BCUT2D eigenvalue weighted by Gasteiger charge is 2.14. The molecule has 0 bridgehead atoms. The minimum Gasteiger partial charge on any atom is -0.335 e. The molecule has 1 heterocycles. The van der Waals surface area contributed by atoms with Crippen molar-refractivity contribution in [3.8, 4) is 11.4 Å². The molecule has 3 aromatic rings. The fourth-order valence-electron chi connectivity index (χ4n) is 2.19. The molecule has 9 heteroatoms. The second-order valence-electron chi connectivity index (χ2n) is 5.48. The molecule has 0 radical (unpaired) electrons. The number of hydrogen-bond donors (Lipinski definition) is 2. The molecule has 2 aromatic carbocycles. The number of carbonyl (C=O) groups is 1. The number of benzene rings is 2. The van der Waals surface area contributed by atoms with Crippen LogP contribution >= 0.6 is 35.0 Å². The number of halogens is 2. The van der Waals surface area contributed by atoms with Gasteiger partial charge in [-0.1, -0.05) is 70.9 Å². The van der Waals surface area contributed by atoms with Crippen molar-refractivity contribution >= 4 is 46.6 Å². The molecule has 0 fully saturated rings. The summed E-state index contributed by atoms with van der Waals surface area (Å²) >= 11 is 13.2. The normalized spacial score (nSPS) is 10.7. The lowest BCUT2D eigenvalue weighted by Gasteiger charge is -2.08. The lowest BCUT2D eigenvalue weighted by atomic mass is 10.1. The van der Waals surface area contributed by atoms with E-state index in [1.807, 2.05) is 31.2 Å². The van der Waals surface area contributed by atoms with Crippen LogP contribution in [0.5, 0.6) is 0 Å². The molecule has 0 saturated carbocycles. The van der Waals surface area contributed by atoms with Gasteiger partial charge in [0, 0.05) is 5.56 Å². The quantitative estimate of drug-likeness (QED) is 0.492. The Morgan fingerprint density at radius 2 is 1.92 bits per heavy atom. The minimum absolute atomic E-state index is 0.103. The van der Waals surface area contributed by atoms with Gasteiger partial charge in [0.25, 0.3) is 0 Å². The number of amides is 1. The number of nitrogens with zero attached hydrogens (tertiary/aromatic N) is 3. The standard InChI is InChI=1S/C17H15Cl2N5OS/c1-10-5-7-11(8-6-10)16-22-23-17(24(16)20)26-9-14(25)21-13-4-2-3-12(18)15(13)19/h2-8H,9,20H2,1H3,(H,21,25). The predicted octanol–water partition coefficient (Wildman–Crippen LogP) is 4.00. The zero-order valence-electron chi connectivity index (χ0n) is 13.7. The maximum atomic E-state index is 12.1. The Labute approximate surface area is 164 Å². The number of aryl methyl sites for hydroxylation is 1. The van der Waals surface area contributed by atoms with E-state index in [0.717, 1.165) is 11.1 Å². The monoisotopic (exact) mass is 407 g/mol. The number of nitrogens with one attached hydrogen (secondary N) is 1. The number of aromatic nitrogens is 3. The Hall–Kier alpha value is -2.22. The first kappa shape index (κ1) is 18.6. The van der Waals surface area contributed by atoms with Crippen molar-refractivity contribution in [3.63, 3.8) is 0 Å². The lowest BCUT2D eigenvalue weighted by molar-refractivity contribution is -0.113. The molecule has 6 nitrogen and oxygen atoms in total. The third kappa shape index (κ3) is 4.12. The van der Waals surface area contributed by atoms with Crippen LogP contribution in [-0.2, 0) is 4.79 Å². The van der Waals surface area contributed by atoms with E-state index in [1.54, 1.807) is 18.2 Å².